The van der Waals surface area contributed by atoms with E-state index in [2.05, 4.69) is 15.5 Å². The standard InChI is InChI=1S/C17H23N3O3/c1-13-4-2-5-14(12-13)23-11-3-8-20-9-6-17(7-10-20)15(21)18-16(22)19-17/h2,4-5,12H,3,6-11H2,1H3,(H2,18,19,21,22). The number of nitrogens with one attached hydrogen (secondary N) is 2. The second-order valence-corrected chi connectivity index (χ2v) is 6.35. The molecular weight excluding hydrogens is 294 g/mol. The van der Waals surface area contributed by atoms with Gasteiger partial charge in [0.05, 0.1) is 6.61 Å². The highest BCUT2D eigenvalue weighted by molar-refractivity contribution is 6.07. The summed E-state index contributed by atoms with van der Waals surface area (Å²) in [4.78, 5) is 25.5. The number of amides is 3. The van der Waals surface area contributed by atoms with Crippen molar-refractivity contribution in [3.63, 3.8) is 0 Å². The Kier molecular flexibility index (Phi) is 4.52. The van der Waals surface area contributed by atoms with Gasteiger partial charge >= 0.3 is 6.03 Å². The molecular formula is C17H23N3O3. The highest BCUT2D eigenvalue weighted by Crippen LogP contribution is 2.25. The minimum absolute atomic E-state index is 0.176. The number of aryl methyl sites for hydroxylation is 1. The molecule has 2 fully saturated rings. The van der Waals surface area contributed by atoms with Gasteiger partial charge in [0.1, 0.15) is 11.3 Å². The van der Waals surface area contributed by atoms with Gasteiger partial charge in [0, 0.05) is 19.6 Å². The van der Waals surface area contributed by atoms with Crippen LogP contribution >= 0.6 is 0 Å². The highest BCUT2D eigenvalue weighted by Gasteiger charge is 2.47. The highest BCUT2D eigenvalue weighted by atomic mass is 16.5. The van der Waals surface area contributed by atoms with E-state index in [1.54, 1.807) is 0 Å². The van der Waals surface area contributed by atoms with Crippen LogP contribution in [0.2, 0.25) is 0 Å². The lowest BCUT2D eigenvalue weighted by Crippen LogP contribution is -2.54. The first-order valence-corrected chi connectivity index (χ1v) is 8.13. The summed E-state index contributed by atoms with van der Waals surface area (Å²) in [7, 11) is 0. The normalized spacial score (nSPS) is 20.4. The quantitative estimate of drug-likeness (QED) is 0.637. The number of carbonyl (C=O) groups is 2. The molecule has 1 aromatic carbocycles. The molecule has 6 nitrogen and oxygen atoms in total. The predicted molar refractivity (Wildman–Crippen MR) is 86.4 cm³/mol. The van der Waals surface area contributed by atoms with Crippen LogP contribution < -0.4 is 15.4 Å². The summed E-state index contributed by atoms with van der Waals surface area (Å²) in [5, 5.41) is 5.12. The van der Waals surface area contributed by atoms with Gasteiger partial charge in [-0.1, -0.05) is 12.1 Å². The zero-order chi connectivity index (χ0) is 16.3. The Hall–Kier alpha value is -2.08. The summed E-state index contributed by atoms with van der Waals surface area (Å²) in [5.41, 5.74) is 0.520. The van der Waals surface area contributed by atoms with Crippen molar-refractivity contribution in [2.45, 2.75) is 31.7 Å². The summed E-state index contributed by atoms with van der Waals surface area (Å²) in [5.74, 6) is 0.734. The van der Waals surface area contributed by atoms with E-state index in [4.69, 9.17) is 4.74 Å². The van der Waals surface area contributed by atoms with E-state index in [0.717, 1.165) is 31.8 Å². The lowest BCUT2D eigenvalue weighted by atomic mass is 9.88. The van der Waals surface area contributed by atoms with Gasteiger partial charge < -0.3 is 15.0 Å². The Morgan fingerprint density at radius 3 is 2.70 bits per heavy atom. The fourth-order valence-electron chi connectivity index (χ4n) is 3.22. The smallest absolute Gasteiger partial charge is 0.322 e. The fraction of sp³-hybridized carbons (Fsp3) is 0.529. The summed E-state index contributed by atoms with van der Waals surface area (Å²) in [6.07, 6.45) is 2.28. The monoisotopic (exact) mass is 317 g/mol. The van der Waals surface area contributed by atoms with Crippen molar-refractivity contribution in [2.75, 3.05) is 26.2 Å². The summed E-state index contributed by atoms with van der Waals surface area (Å²) in [6, 6.07) is 7.68. The first kappa shape index (κ1) is 15.8. The number of ether oxygens (including phenoxy) is 1. The van der Waals surface area contributed by atoms with Gasteiger partial charge in [-0.3, -0.25) is 10.1 Å². The van der Waals surface area contributed by atoms with E-state index in [-0.39, 0.29) is 11.9 Å². The van der Waals surface area contributed by atoms with E-state index in [0.29, 0.717) is 19.4 Å². The number of benzene rings is 1. The van der Waals surface area contributed by atoms with Crippen LogP contribution in [0.15, 0.2) is 24.3 Å². The van der Waals surface area contributed by atoms with Gasteiger partial charge in [-0.05, 0) is 43.9 Å². The Balaban J connectivity index is 1.38. The topological polar surface area (TPSA) is 70.7 Å². The number of rotatable bonds is 5. The van der Waals surface area contributed by atoms with Crippen LogP contribution in [0.1, 0.15) is 24.8 Å². The molecule has 3 rings (SSSR count). The van der Waals surface area contributed by atoms with E-state index >= 15 is 0 Å². The van der Waals surface area contributed by atoms with Gasteiger partial charge in [-0.15, -0.1) is 0 Å². The third kappa shape index (κ3) is 3.64. The molecule has 0 saturated carbocycles. The summed E-state index contributed by atoms with van der Waals surface area (Å²) in [6.45, 7) is 5.31. The molecule has 0 aromatic heterocycles. The van der Waals surface area contributed by atoms with Crippen LogP contribution in [0.25, 0.3) is 0 Å². The molecule has 2 N–H and O–H groups in total. The summed E-state index contributed by atoms with van der Waals surface area (Å²) >= 11 is 0. The minimum atomic E-state index is -0.675. The number of likely N-dealkylation sites (tertiary alicyclic amines) is 1. The predicted octanol–water partition coefficient (Wildman–Crippen LogP) is 1.44. The largest absolute Gasteiger partial charge is 0.494 e. The second kappa shape index (κ2) is 6.58. The van der Waals surface area contributed by atoms with E-state index < -0.39 is 5.54 Å². The molecule has 1 aromatic rings. The van der Waals surface area contributed by atoms with Gasteiger partial charge in [0.2, 0.25) is 0 Å². The average molecular weight is 317 g/mol. The molecule has 0 aliphatic carbocycles. The molecule has 0 radical (unpaired) electrons. The van der Waals surface area contributed by atoms with Crippen LogP contribution in [0.5, 0.6) is 5.75 Å². The second-order valence-electron chi connectivity index (χ2n) is 6.35. The lowest BCUT2D eigenvalue weighted by Gasteiger charge is -2.36. The maximum absolute atomic E-state index is 11.9. The van der Waals surface area contributed by atoms with Gasteiger partial charge in [0.25, 0.3) is 5.91 Å². The van der Waals surface area contributed by atoms with Crippen LogP contribution in [-0.2, 0) is 4.79 Å². The molecule has 0 unspecified atom stereocenters. The maximum Gasteiger partial charge on any atom is 0.322 e. The van der Waals surface area contributed by atoms with E-state index in [1.807, 2.05) is 31.2 Å². The van der Waals surface area contributed by atoms with Crippen LogP contribution in [0.3, 0.4) is 0 Å². The zero-order valence-corrected chi connectivity index (χ0v) is 13.4. The van der Waals surface area contributed by atoms with Crippen molar-refractivity contribution < 1.29 is 14.3 Å². The van der Waals surface area contributed by atoms with Gasteiger partial charge in [-0.2, -0.15) is 0 Å². The molecule has 2 saturated heterocycles. The summed E-state index contributed by atoms with van der Waals surface area (Å²) < 4.78 is 5.75. The van der Waals surface area contributed by atoms with Crippen LogP contribution in [-0.4, -0.2) is 48.6 Å². The third-order valence-electron chi connectivity index (χ3n) is 4.60. The first-order chi connectivity index (χ1) is 11.1. The van der Waals surface area contributed by atoms with E-state index in [1.165, 1.54) is 5.56 Å². The molecule has 124 valence electrons. The number of hydrogen-bond acceptors (Lipinski definition) is 4. The minimum Gasteiger partial charge on any atom is -0.494 e. The molecule has 2 heterocycles. The zero-order valence-electron chi connectivity index (χ0n) is 13.4. The molecule has 2 aliphatic rings. The van der Waals surface area contributed by atoms with Crippen molar-refractivity contribution in [3.05, 3.63) is 29.8 Å². The van der Waals surface area contributed by atoms with Gasteiger partial charge in [-0.25, -0.2) is 4.79 Å². The molecule has 23 heavy (non-hydrogen) atoms. The van der Waals surface area contributed by atoms with Crippen molar-refractivity contribution in [1.29, 1.82) is 0 Å². The van der Waals surface area contributed by atoms with Crippen molar-refractivity contribution >= 4 is 11.9 Å². The van der Waals surface area contributed by atoms with Crippen molar-refractivity contribution in [1.82, 2.24) is 15.5 Å². The number of hydrogen-bond donors (Lipinski definition) is 2. The first-order valence-electron chi connectivity index (χ1n) is 8.13. The Bertz CT molecular complexity index is 595. The Morgan fingerprint density at radius 1 is 1.26 bits per heavy atom. The molecule has 1 spiro atoms. The Labute approximate surface area is 136 Å². The number of urea groups is 1. The van der Waals surface area contributed by atoms with Gasteiger partial charge in [0.15, 0.2) is 0 Å². The fourth-order valence-corrected chi connectivity index (χ4v) is 3.22. The molecule has 0 atom stereocenters. The lowest BCUT2D eigenvalue weighted by molar-refractivity contribution is -0.125. The maximum atomic E-state index is 11.9. The molecule has 6 heteroatoms. The third-order valence-corrected chi connectivity index (χ3v) is 4.60. The van der Waals surface area contributed by atoms with Crippen LogP contribution in [0, 0.1) is 6.92 Å². The number of carbonyl (C=O) groups excluding carboxylic acids is 2. The van der Waals surface area contributed by atoms with Crippen molar-refractivity contribution in [2.24, 2.45) is 0 Å². The average Bonchev–Trinajstić information content (AvgIpc) is 2.79. The molecule has 0 bridgehead atoms. The number of nitrogens with zero attached hydrogens (tertiary/aromatic N) is 1. The molecule has 3 amide bonds. The molecule has 2 aliphatic heterocycles. The van der Waals surface area contributed by atoms with Crippen molar-refractivity contribution in [3.8, 4) is 5.75 Å². The SMILES string of the molecule is Cc1cccc(OCCCN2CCC3(CC2)NC(=O)NC3=O)c1. The number of piperidine rings is 1. The Morgan fingerprint density at radius 2 is 2.04 bits per heavy atom. The van der Waals surface area contributed by atoms with Crippen LogP contribution in [0.4, 0.5) is 4.79 Å². The number of imide groups is 1. The van der Waals surface area contributed by atoms with E-state index in [9.17, 15) is 9.59 Å².